The van der Waals surface area contributed by atoms with Gasteiger partial charge in [-0.25, -0.2) is 0 Å². The molecule has 1 aliphatic carbocycles. The van der Waals surface area contributed by atoms with Gasteiger partial charge in [-0.1, -0.05) is 12.1 Å². The number of amides is 1. The Hall–Kier alpha value is -3.09. The van der Waals surface area contributed by atoms with Gasteiger partial charge in [0.1, 0.15) is 5.56 Å². The Labute approximate surface area is 143 Å². The highest BCUT2D eigenvalue weighted by molar-refractivity contribution is 6.07. The zero-order valence-corrected chi connectivity index (χ0v) is 13.4. The van der Waals surface area contributed by atoms with E-state index in [0.717, 1.165) is 25.7 Å². The van der Waals surface area contributed by atoms with Crippen molar-refractivity contribution in [2.24, 2.45) is 0 Å². The molecular formula is C18H16N2O5. The number of nitro groups is 1. The second-order valence-electron chi connectivity index (χ2n) is 6.21. The molecule has 7 heteroatoms. The van der Waals surface area contributed by atoms with Crippen LogP contribution in [0.3, 0.4) is 0 Å². The first kappa shape index (κ1) is 15.4. The third kappa shape index (κ3) is 2.77. The molecule has 4 rings (SSSR count). The maximum atomic E-state index is 12.4. The maximum absolute atomic E-state index is 12.4. The molecule has 1 spiro atoms. The first-order valence-corrected chi connectivity index (χ1v) is 8.13. The largest absolute Gasteiger partial charge is 0.448 e. The highest BCUT2D eigenvalue weighted by atomic mass is 16.7. The van der Waals surface area contributed by atoms with E-state index in [2.05, 4.69) is 5.32 Å². The van der Waals surface area contributed by atoms with Crippen molar-refractivity contribution in [1.82, 2.24) is 0 Å². The van der Waals surface area contributed by atoms with Gasteiger partial charge in [0.05, 0.1) is 4.92 Å². The van der Waals surface area contributed by atoms with Crippen molar-refractivity contribution in [1.29, 1.82) is 0 Å². The third-order valence-corrected chi connectivity index (χ3v) is 4.50. The molecule has 2 aromatic carbocycles. The Bertz CT molecular complexity index is 858. The molecule has 128 valence electrons. The number of nitrogens with zero attached hydrogens (tertiary/aromatic N) is 1. The number of nitrogens with one attached hydrogen (secondary N) is 1. The number of carbonyl (C=O) groups is 1. The van der Waals surface area contributed by atoms with E-state index >= 15 is 0 Å². The molecule has 0 aromatic heterocycles. The van der Waals surface area contributed by atoms with Crippen LogP contribution in [0.15, 0.2) is 42.5 Å². The fourth-order valence-corrected chi connectivity index (χ4v) is 3.31. The van der Waals surface area contributed by atoms with E-state index in [0.29, 0.717) is 17.2 Å². The van der Waals surface area contributed by atoms with Gasteiger partial charge < -0.3 is 14.8 Å². The smallest absolute Gasteiger partial charge is 0.282 e. The summed E-state index contributed by atoms with van der Waals surface area (Å²) in [5.41, 5.74) is 0.281. The minimum absolute atomic E-state index is 0.0115. The van der Waals surface area contributed by atoms with Crippen LogP contribution in [0.5, 0.6) is 11.5 Å². The Kier molecular flexibility index (Phi) is 3.56. The minimum atomic E-state index is -0.571. The molecular weight excluding hydrogens is 324 g/mol. The fraction of sp³-hybridized carbons (Fsp3) is 0.278. The van der Waals surface area contributed by atoms with Crippen molar-refractivity contribution in [2.75, 3.05) is 5.32 Å². The van der Waals surface area contributed by atoms with Crippen LogP contribution < -0.4 is 14.8 Å². The Morgan fingerprint density at radius 2 is 1.80 bits per heavy atom. The van der Waals surface area contributed by atoms with E-state index in [1.807, 2.05) is 0 Å². The second-order valence-corrected chi connectivity index (χ2v) is 6.21. The van der Waals surface area contributed by atoms with Crippen molar-refractivity contribution in [3.63, 3.8) is 0 Å². The summed E-state index contributed by atoms with van der Waals surface area (Å²) in [4.78, 5) is 22.9. The molecule has 1 heterocycles. The molecule has 0 saturated heterocycles. The molecule has 25 heavy (non-hydrogen) atoms. The highest BCUT2D eigenvalue weighted by Gasteiger charge is 2.44. The Morgan fingerprint density at radius 3 is 2.56 bits per heavy atom. The number of benzene rings is 2. The fourth-order valence-electron chi connectivity index (χ4n) is 3.31. The van der Waals surface area contributed by atoms with Crippen LogP contribution in [0.25, 0.3) is 0 Å². The van der Waals surface area contributed by atoms with Gasteiger partial charge in [-0.2, -0.15) is 0 Å². The van der Waals surface area contributed by atoms with Crippen molar-refractivity contribution in [2.45, 2.75) is 31.5 Å². The number of carbonyl (C=O) groups excluding carboxylic acids is 1. The molecule has 0 unspecified atom stereocenters. The summed E-state index contributed by atoms with van der Waals surface area (Å²) in [6.07, 6.45) is 3.82. The molecule has 2 aromatic rings. The van der Waals surface area contributed by atoms with Crippen LogP contribution >= 0.6 is 0 Å². The average molecular weight is 340 g/mol. The number of anilines is 1. The van der Waals surface area contributed by atoms with Crippen LogP contribution in [0.4, 0.5) is 11.4 Å². The standard InChI is InChI=1S/C18H16N2O5/c21-17(13-5-1-2-6-14(13)20(22)23)19-12-7-8-15-16(11-12)25-18(24-15)9-3-4-10-18/h1-2,5-8,11H,3-4,9-10H2,(H,19,21). The van der Waals surface area contributed by atoms with E-state index in [9.17, 15) is 14.9 Å². The molecule has 1 saturated carbocycles. The highest BCUT2D eigenvalue weighted by Crippen LogP contribution is 2.47. The number of para-hydroxylation sites is 1. The summed E-state index contributed by atoms with van der Waals surface area (Å²) in [5, 5.41) is 13.7. The van der Waals surface area contributed by atoms with Gasteiger partial charge in [0.25, 0.3) is 17.4 Å². The molecule has 0 radical (unpaired) electrons. The van der Waals surface area contributed by atoms with Crippen LogP contribution in [0.2, 0.25) is 0 Å². The van der Waals surface area contributed by atoms with E-state index < -0.39 is 16.6 Å². The second kappa shape index (κ2) is 5.77. The summed E-state index contributed by atoms with van der Waals surface area (Å²) in [5.74, 6) is 0.137. The number of rotatable bonds is 3. The topological polar surface area (TPSA) is 90.7 Å². The summed E-state index contributed by atoms with van der Waals surface area (Å²) in [6, 6.07) is 11.0. The van der Waals surface area contributed by atoms with Crippen molar-refractivity contribution < 1.29 is 19.2 Å². The van der Waals surface area contributed by atoms with Gasteiger partial charge in [-0.05, 0) is 31.0 Å². The predicted octanol–water partition coefficient (Wildman–Crippen LogP) is 3.89. The molecule has 0 bridgehead atoms. The predicted molar refractivity (Wildman–Crippen MR) is 89.9 cm³/mol. The van der Waals surface area contributed by atoms with Gasteiger partial charge in [0.2, 0.25) is 0 Å². The van der Waals surface area contributed by atoms with Crippen molar-refractivity contribution >= 4 is 17.3 Å². The molecule has 1 N–H and O–H groups in total. The van der Waals surface area contributed by atoms with E-state index in [-0.39, 0.29) is 11.3 Å². The number of hydrogen-bond donors (Lipinski definition) is 1. The number of nitro benzene ring substituents is 1. The molecule has 2 aliphatic rings. The number of fused-ring (bicyclic) bond motifs is 1. The van der Waals surface area contributed by atoms with E-state index in [1.165, 1.54) is 18.2 Å². The van der Waals surface area contributed by atoms with Gasteiger partial charge in [-0.3, -0.25) is 14.9 Å². The normalized spacial score (nSPS) is 16.8. The zero-order valence-electron chi connectivity index (χ0n) is 13.4. The summed E-state index contributed by atoms with van der Waals surface area (Å²) in [7, 11) is 0. The number of hydrogen-bond acceptors (Lipinski definition) is 5. The minimum Gasteiger partial charge on any atom is -0.448 e. The van der Waals surface area contributed by atoms with Gasteiger partial charge in [-0.15, -0.1) is 0 Å². The Morgan fingerprint density at radius 1 is 1.08 bits per heavy atom. The van der Waals surface area contributed by atoms with Gasteiger partial charge in [0.15, 0.2) is 11.5 Å². The molecule has 1 fully saturated rings. The van der Waals surface area contributed by atoms with Crippen LogP contribution in [0, 0.1) is 10.1 Å². The van der Waals surface area contributed by atoms with Gasteiger partial charge in [0, 0.05) is 30.7 Å². The first-order chi connectivity index (χ1) is 12.1. The lowest BCUT2D eigenvalue weighted by Crippen LogP contribution is -2.34. The van der Waals surface area contributed by atoms with E-state index in [1.54, 1.807) is 24.3 Å². The van der Waals surface area contributed by atoms with Crippen molar-refractivity contribution in [3.8, 4) is 11.5 Å². The molecule has 1 aliphatic heterocycles. The van der Waals surface area contributed by atoms with Gasteiger partial charge >= 0.3 is 0 Å². The maximum Gasteiger partial charge on any atom is 0.282 e. The average Bonchev–Trinajstić information content (AvgIpc) is 3.20. The molecule has 0 atom stereocenters. The lowest BCUT2D eigenvalue weighted by molar-refractivity contribution is -0.385. The van der Waals surface area contributed by atoms with Crippen LogP contribution in [0.1, 0.15) is 36.0 Å². The first-order valence-electron chi connectivity index (χ1n) is 8.13. The Balaban J connectivity index is 1.55. The number of ether oxygens (including phenoxy) is 2. The van der Waals surface area contributed by atoms with Crippen LogP contribution in [-0.4, -0.2) is 16.6 Å². The lowest BCUT2D eigenvalue weighted by Gasteiger charge is -2.21. The summed E-state index contributed by atoms with van der Waals surface area (Å²) >= 11 is 0. The zero-order chi connectivity index (χ0) is 17.4. The van der Waals surface area contributed by atoms with Crippen molar-refractivity contribution in [3.05, 3.63) is 58.1 Å². The lowest BCUT2D eigenvalue weighted by atomic mass is 10.1. The monoisotopic (exact) mass is 340 g/mol. The quantitative estimate of drug-likeness (QED) is 0.676. The van der Waals surface area contributed by atoms with E-state index in [4.69, 9.17) is 9.47 Å². The summed E-state index contributed by atoms with van der Waals surface area (Å²) < 4.78 is 11.9. The third-order valence-electron chi connectivity index (χ3n) is 4.50. The molecule has 7 nitrogen and oxygen atoms in total. The van der Waals surface area contributed by atoms with Crippen LogP contribution in [-0.2, 0) is 0 Å². The summed E-state index contributed by atoms with van der Waals surface area (Å²) in [6.45, 7) is 0. The molecule has 1 amide bonds. The SMILES string of the molecule is O=C(Nc1ccc2c(c1)OC1(CCCC1)O2)c1ccccc1[N+](=O)[O-].